The molecule has 0 saturated heterocycles. The molecule has 1 atom stereocenters. The van der Waals surface area contributed by atoms with Crippen LogP contribution >= 0.6 is 0 Å². The van der Waals surface area contributed by atoms with Crippen molar-refractivity contribution >= 4 is 21.4 Å². The van der Waals surface area contributed by atoms with E-state index in [-0.39, 0.29) is 21.0 Å². The summed E-state index contributed by atoms with van der Waals surface area (Å²) in [6, 6.07) is 11.6. The summed E-state index contributed by atoms with van der Waals surface area (Å²) >= 11 is 0. The number of nitrogens with zero attached hydrogens (tertiary/aromatic N) is 1. The molecule has 0 heterocycles. The van der Waals surface area contributed by atoms with Crippen molar-refractivity contribution in [3.8, 4) is 6.07 Å². The maximum atomic E-state index is 12.6. The van der Waals surface area contributed by atoms with Crippen LogP contribution in [0.3, 0.4) is 0 Å². The molecule has 6 nitrogen and oxygen atoms in total. The molecule has 2 N–H and O–H groups in total. The third kappa shape index (κ3) is 3.94. The third-order valence-corrected chi connectivity index (χ3v) is 5.54. The Labute approximate surface area is 152 Å². The molecule has 0 radical (unpaired) electrons. The molecule has 1 amide bonds. The van der Waals surface area contributed by atoms with Crippen LogP contribution in [0.15, 0.2) is 58.3 Å². The zero-order valence-electron chi connectivity index (χ0n) is 13.8. The standard InChI is InChI=1S/C17H13F3N2O4S/c1-16(24,17(18,19)20)15(23)22-12-6-8-13(9-7-12)27(25,26)14-5-3-2-4-11(14)10-21/h2-9,24H,1H3,(H,22,23). The van der Waals surface area contributed by atoms with Crippen LogP contribution in [0.1, 0.15) is 12.5 Å². The number of hydrogen-bond donors (Lipinski definition) is 2. The lowest BCUT2D eigenvalue weighted by Gasteiger charge is -2.24. The van der Waals surface area contributed by atoms with Gasteiger partial charge in [-0.15, -0.1) is 0 Å². The molecule has 2 rings (SSSR count). The van der Waals surface area contributed by atoms with Gasteiger partial charge >= 0.3 is 6.18 Å². The van der Waals surface area contributed by atoms with Gasteiger partial charge in [0.05, 0.1) is 15.4 Å². The van der Waals surface area contributed by atoms with Crippen molar-refractivity contribution in [2.45, 2.75) is 28.5 Å². The first kappa shape index (κ1) is 20.4. The number of alkyl halides is 3. The minimum absolute atomic E-state index is 0.0592. The highest BCUT2D eigenvalue weighted by molar-refractivity contribution is 7.91. The highest BCUT2D eigenvalue weighted by Gasteiger charge is 2.55. The summed E-state index contributed by atoms with van der Waals surface area (Å²) in [5.74, 6) is -1.71. The van der Waals surface area contributed by atoms with Crippen molar-refractivity contribution in [3.63, 3.8) is 0 Å². The van der Waals surface area contributed by atoms with Crippen LogP contribution in [0.25, 0.3) is 0 Å². The number of sulfone groups is 1. The minimum atomic E-state index is -5.18. The van der Waals surface area contributed by atoms with Gasteiger partial charge < -0.3 is 10.4 Å². The van der Waals surface area contributed by atoms with Gasteiger partial charge in [0.15, 0.2) is 0 Å². The van der Waals surface area contributed by atoms with Gasteiger partial charge in [0, 0.05) is 5.69 Å². The van der Waals surface area contributed by atoms with Crippen molar-refractivity contribution in [2.75, 3.05) is 5.32 Å². The molecule has 0 aliphatic carbocycles. The summed E-state index contributed by atoms with van der Waals surface area (Å²) in [7, 11) is -4.04. The predicted molar refractivity (Wildman–Crippen MR) is 88.4 cm³/mol. The lowest BCUT2D eigenvalue weighted by atomic mass is 10.1. The summed E-state index contributed by atoms with van der Waals surface area (Å²) in [6.45, 7) is 0.306. The van der Waals surface area contributed by atoms with Crippen molar-refractivity contribution in [3.05, 3.63) is 54.1 Å². The van der Waals surface area contributed by atoms with E-state index < -0.39 is 27.5 Å². The van der Waals surface area contributed by atoms with Gasteiger partial charge in [-0.05, 0) is 43.3 Å². The Bertz CT molecular complexity index is 1010. The average Bonchev–Trinajstić information content (AvgIpc) is 2.61. The molecule has 0 fully saturated rings. The van der Waals surface area contributed by atoms with E-state index in [2.05, 4.69) is 0 Å². The maximum absolute atomic E-state index is 12.6. The lowest BCUT2D eigenvalue weighted by molar-refractivity contribution is -0.242. The van der Waals surface area contributed by atoms with Gasteiger partial charge in [0.1, 0.15) is 6.07 Å². The van der Waals surface area contributed by atoms with Crippen LogP contribution in [0, 0.1) is 11.3 Å². The first-order valence-corrected chi connectivity index (χ1v) is 8.84. The van der Waals surface area contributed by atoms with Crippen LogP contribution in [0.4, 0.5) is 18.9 Å². The van der Waals surface area contributed by atoms with E-state index in [1.165, 1.54) is 24.3 Å². The highest BCUT2D eigenvalue weighted by Crippen LogP contribution is 2.31. The highest BCUT2D eigenvalue weighted by atomic mass is 32.2. The normalized spacial score (nSPS) is 14.1. The molecule has 0 saturated carbocycles. The Kier molecular flexibility index (Phi) is 5.30. The molecule has 10 heteroatoms. The van der Waals surface area contributed by atoms with Crippen LogP contribution in [0.2, 0.25) is 0 Å². The number of carbonyl (C=O) groups is 1. The molecular weight excluding hydrogens is 385 g/mol. The number of benzene rings is 2. The largest absolute Gasteiger partial charge is 0.426 e. The lowest BCUT2D eigenvalue weighted by Crippen LogP contribution is -2.52. The summed E-state index contributed by atoms with van der Waals surface area (Å²) in [4.78, 5) is 11.2. The van der Waals surface area contributed by atoms with E-state index in [4.69, 9.17) is 5.26 Å². The monoisotopic (exact) mass is 398 g/mol. The fraction of sp³-hybridized carbons (Fsp3) is 0.176. The number of aliphatic hydroxyl groups is 1. The van der Waals surface area contributed by atoms with Crippen molar-refractivity contribution in [1.82, 2.24) is 0 Å². The second-order valence-electron chi connectivity index (χ2n) is 5.66. The van der Waals surface area contributed by atoms with E-state index in [1.54, 1.807) is 6.07 Å². The van der Waals surface area contributed by atoms with E-state index >= 15 is 0 Å². The number of nitrogens with one attached hydrogen (secondary N) is 1. The van der Waals surface area contributed by atoms with Crippen LogP contribution in [-0.2, 0) is 14.6 Å². The van der Waals surface area contributed by atoms with Crippen LogP contribution < -0.4 is 5.32 Å². The van der Waals surface area contributed by atoms with Crippen molar-refractivity contribution < 1.29 is 31.5 Å². The molecule has 0 aromatic heterocycles. The number of halogens is 3. The predicted octanol–water partition coefficient (Wildman–Crippen LogP) is 2.64. The van der Waals surface area contributed by atoms with Crippen LogP contribution in [0.5, 0.6) is 0 Å². The minimum Gasteiger partial charge on any atom is -0.373 e. The second kappa shape index (κ2) is 7.02. The Balaban J connectivity index is 2.30. The van der Waals surface area contributed by atoms with Gasteiger partial charge in [-0.25, -0.2) is 8.42 Å². The second-order valence-corrected chi connectivity index (χ2v) is 7.58. The number of anilines is 1. The maximum Gasteiger partial charge on any atom is 0.426 e. The SMILES string of the molecule is CC(O)(C(=O)Nc1ccc(S(=O)(=O)c2ccccc2C#N)cc1)C(F)(F)F. The van der Waals surface area contributed by atoms with Gasteiger partial charge in [0.25, 0.3) is 5.91 Å². The number of amides is 1. The molecular formula is C17H13F3N2O4S. The molecule has 2 aromatic rings. The van der Waals surface area contributed by atoms with Gasteiger partial charge in [-0.3, -0.25) is 4.79 Å². The summed E-state index contributed by atoms with van der Waals surface area (Å²) in [5, 5.41) is 20.2. The summed E-state index contributed by atoms with van der Waals surface area (Å²) in [6.07, 6.45) is -5.18. The number of nitriles is 1. The Morgan fingerprint density at radius 1 is 1.11 bits per heavy atom. The van der Waals surface area contributed by atoms with E-state index in [0.29, 0.717) is 6.92 Å². The summed E-state index contributed by atoms with van der Waals surface area (Å²) in [5.41, 5.74) is -3.81. The Morgan fingerprint density at radius 2 is 1.67 bits per heavy atom. The zero-order valence-corrected chi connectivity index (χ0v) is 14.6. The smallest absolute Gasteiger partial charge is 0.373 e. The first-order valence-electron chi connectivity index (χ1n) is 7.36. The Hall–Kier alpha value is -2.90. The molecule has 0 bridgehead atoms. The molecule has 0 aliphatic rings. The zero-order chi connectivity index (χ0) is 20.5. The van der Waals surface area contributed by atoms with Crippen molar-refractivity contribution in [1.29, 1.82) is 5.26 Å². The number of carbonyl (C=O) groups excluding carboxylic acids is 1. The number of hydrogen-bond acceptors (Lipinski definition) is 5. The van der Waals surface area contributed by atoms with E-state index in [1.807, 2.05) is 5.32 Å². The summed E-state index contributed by atoms with van der Waals surface area (Å²) < 4.78 is 63.2. The molecule has 0 spiro atoms. The van der Waals surface area contributed by atoms with Gasteiger partial charge in [-0.2, -0.15) is 18.4 Å². The van der Waals surface area contributed by atoms with E-state index in [0.717, 1.165) is 24.3 Å². The Morgan fingerprint density at radius 3 is 2.19 bits per heavy atom. The molecule has 1 unspecified atom stereocenters. The molecule has 2 aromatic carbocycles. The van der Waals surface area contributed by atoms with E-state index in [9.17, 15) is 31.5 Å². The van der Waals surface area contributed by atoms with Crippen molar-refractivity contribution in [2.24, 2.45) is 0 Å². The average molecular weight is 398 g/mol. The number of rotatable bonds is 4. The molecule has 0 aliphatic heterocycles. The topological polar surface area (TPSA) is 107 Å². The van der Waals surface area contributed by atoms with Crippen LogP contribution in [-0.4, -0.2) is 31.2 Å². The fourth-order valence-electron chi connectivity index (χ4n) is 2.02. The first-order chi connectivity index (χ1) is 12.4. The fourth-order valence-corrected chi connectivity index (χ4v) is 3.43. The quantitative estimate of drug-likeness (QED) is 0.823. The third-order valence-electron chi connectivity index (χ3n) is 3.71. The molecule has 27 heavy (non-hydrogen) atoms. The van der Waals surface area contributed by atoms with Gasteiger partial charge in [-0.1, -0.05) is 12.1 Å². The molecule has 142 valence electrons. The van der Waals surface area contributed by atoms with Gasteiger partial charge in [0.2, 0.25) is 15.4 Å².